The summed E-state index contributed by atoms with van der Waals surface area (Å²) in [7, 11) is -3.61. The van der Waals surface area contributed by atoms with Crippen LogP contribution in [0.3, 0.4) is 0 Å². The van der Waals surface area contributed by atoms with Gasteiger partial charge in [-0.3, -0.25) is 13.9 Å². The van der Waals surface area contributed by atoms with Gasteiger partial charge < -0.3 is 9.63 Å². The molecule has 5 nitrogen and oxygen atoms in total. The van der Waals surface area contributed by atoms with Crippen molar-refractivity contribution in [2.45, 2.75) is 71.8 Å². The van der Waals surface area contributed by atoms with E-state index in [0.29, 0.717) is 0 Å². The second-order valence-corrected chi connectivity index (χ2v) is 6.64. The highest BCUT2D eigenvalue weighted by Crippen LogP contribution is 2.50. The zero-order chi connectivity index (χ0) is 17.6. The van der Waals surface area contributed by atoms with Crippen LogP contribution in [0.4, 0.5) is 0 Å². The van der Waals surface area contributed by atoms with E-state index in [2.05, 4.69) is 24.8 Å². The molecule has 0 fully saturated rings. The van der Waals surface area contributed by atoms with Crippen LogP contribution in [0.15, 0.2) is 25.2 Å². The molecule has 0 amide bonds. The molecule has 0 aliphatic rings. The molecule has 1 N–H and O–H groups in total. The summed E-state index contributed by atoms with van der Waals surface area (Å²) in [5, 5.41) is 0. The van der Waals surface area contributed by atoms with Gasteiger partial charge in [0, 0.05) is 12.7 Å². The zero-order valence-corrected chi connectivity index (χ0v) is 15.2. The average Bonchev–Trinajstić information content (AvgIpc) is 2.47. The Labute approximate surface area is 134 Å². The minimum atomic E-state index is -3.61. The van der Waals surface area contributed by atoms with Gasteiger partial charge in [0.2, 0.25) is 0 Å². The first-order valence-electron chi connectivity index (χ1n) is 7.67. The topological polar surface area (TPSA) is 72.8 Å². The van der Waals surface area contributed by atoms with Gasteiger partial charge in [0.1, 0.15) is 0 Å². The molecule has 1 unspecified atom stereocenters. The molecule has 0 aromatic heterocycles. The monoisotopic (exact) mass is 334 g/mol. The number of hydrogen-bond donors (Lipinski definition) is 1. The minimum absolute atomic E-state index is 0.329. The van der Waals surface area contributed by atoms with Crippen LogP contribution in [-0.2, 0) is 18.6 Å². The molecule has 0 aromatic carbocycles. The van der Waals surface area contributed by atoms with Crippen molar-refractivity contribution in [2.75, 3.05) is 0 Å². The van der Waals surface area contributed by atoms with Gasteiger partial charge in [0.15, 0.2) is 0 Å². The van der Waals surface area contributed by atoms with Gasteiger partial charge in [-0.05, 0) is 19.3 Å². The maximum atomic E-state index is 11.6. The fourth-order valence-electron chi connectivity index (χ4n) is 1.91. The number of carbonyl (C=O) groups is 1. The van der Waals surface area contributed by atoms with E-state index in [9.17, 15) is 14.3 Å². The van der Waals surface area contributed by atoms with E-state index >= 15 is 0 Å². The molecular weight excluding hydrogens is 303 g/mol. The van der Waals surface area contributed by atoms with Crippen LogP contribution in [0.25, 0.3) is 0 Å². The molecule has 0 aromatic rings. The van der Waals surface area contributed by atoms with Crippen LogP contribution in [0.1, 0.15) is 66.2 Å². The normalized spacial score (nSPS) is 13.3. The summed E-state index contributed by atoms with van der Waals surface area (Å²) in [5.41, 5.74) is -0.465. The van der Waals surface area contributed by atoms with E-state index in [1.165, 1.54) is 6.92 Å². The summed E-state index contributed by atoms with van der Waals surface area (Å²) < 4.78 is 21.1. The first-order valence-corrected chi connectivity index (χ1v) is 9.32. The van der Waals surface area contributed by atoms with Crippen molar-refractivity contribution >= 4 is 13.6 Å². The van der Waals surface area contributed by atoms with Crippen molar-refractivity contribution in [1.29, 1.82) is 0 Å². The summed E-state index contributed by atoms with van der Waals surface area (Å²) in [4.78, 5) is 19.2. The Morgan fingerprint density at radius 1 is 1.23 bits per heavy atom. The van der Waals surface area contributed by atoms with Crippen molar-refractivity contribution in [3.05, 3.63) is 25.2 Å². The molecule has 0 saturated heterocycles. The second-order valence-electron chi connectivity index (χ2n) is 4.96. The highest BCUT2D eigenvalue weighted by molar-refractivity contribution is 7.56. The van der Waals surface area contributed by atoms with E-state index in [-0.39, 0.29) is 5.97 Å². The van der Waals surface area contributed by atoms with E-state index in [1.54, 1.807) is 0 Å². The van der Waals surface area contributed by atoms with E-state index in [0.717, 1.165) is 50.6 Å². The van der Waals surface area contributed by atoms with Crippen LogP contribution < -0.4 is 0 Å². The number of unbranched alkanes of at least 4 members (excludes halogenated alkanes) is 2. The minimum Gasteiger partial charge on any atom is -0.435 e. The van der Waals surface area contributed by atoms with E-state index in [1.807, 2.05) is 13.8 Å². The lowest BCUT2D eigenvalue weighted by Gasteiger charge is -2.32. The molecule has 0 aliphatic carbocycles. The zero-order valence-electron chi connectivity index (χ0n) is 14.3. The molecule has 6 heteroatoms. The largest absolute Gasteiger partial charge is 0.435 e. The maximum Gasteiger partial charge on any atom is 0.351 e. The summed E-state index contributed by atoms with van der Waals surface area (Å²) >= 11 is 0. The van der Waals surface area contributed by atoms with Crippen LogP contribution in [-0.4, -0.2) is 16.5 Å². The highest BCUT2D eigenvalue weighted by atomic mass is 31.2. The van der Waals surface area contributed by atoms with Gasteiger partial charge in [0.05, 0.1) is 11.9 Å². The number of hydrogen-bond acceptors (Lipinski definition) is 4. The Hall–Kier alpha value is -0.900. The molecule has 0 bridgehead atoms. The molecule has 0 saturated carbocycles. The third-order valence-corrected chi connectivity index (χ3v) is 4.44. The van der Waals surface area contributed by atoms with Crippen LogP contribution >= 0.6 is 7.60 Å². The van der Waals surface area contributed by atoms with E-state index < -0.39 is 13.2 Å². The van der Waals surface area contributed by atoms with Crippen LogP contribution in [0.5, 0.6) is 0 Å². The molecular formula is C16H31O5P. The highest BCUT2D eigenvalue weighted by Gasteiger charge is 2.33. The van der Waals surface area contributed by atoms with Crippen LogP contribution in [0.2, 0.25) is 0 Å². The molecule has 0 spiro atoms. The van der Waals surface area contributed by atoms with Crippen molar-refractivity contribution in [1.82, 2.24) is 0 Å². The third kappa shape index (κ3) is 11.7. The van der Waals surface area contributed by atoms with E-state index in [4.69, 9.17) is 4.52 Å². The maximum absolute atomic E-state index is 11.6. The van der Waals surface area contributed by atoms with Crippen molar-refractivity contribution in [3.8, 4) is 0 Å². The third-order valence-electron chi connectivity index (χ3n) is 3.33. The molecule has 1 atom stereocenters. The van der Waals surface area contributed by atoms with Gasteiger partial charge >= 0.3 is 13.6 Å². The van der Waals surface area contributed by atoms with Gasteiger partial charge in [-0.25, -0.2) is 0 Å². The van der Waals surface area contributed by atoms with Crippen molar-refractivity contribution in [2.24, 2.45) is 0 Å². The van der Waals surface area contributed by atoms with Crippen LogP contribution in [0, 0.1) is 0 Å². The molecule has 130 valence electrons. The molecule has 22 heavy (non-hydrogen) atoms. The van der Waals surface area contributed by atoms with Crippen molar-refractivity contribution < 1.29 is 23.5 Å². The summed E-state index contributed by atoms with van der Waals surface area (Å²) in [6.07, 6.45) is 6.76. The summed E-state index contributed by atoms with van der Waals surface area (Å²) in [6, 6.07) is 0. The first kappa shape index (κ1) is 23.4. The quantitative estimate of drug-likeness (QED) is 0.258. The lowest BCUT2D eigenvalue weighted by molar-refractivity contribution is -0.135. The second kappa shape index (κ2) is 12.6. The lowest BCUT2D eigenvalue weighted by Crippen LogP contribution is -2.29. The lowest BCUT2D eigenvalue weighted by atomic mass is 9.91. The van der Waals surface area contributed by atoms with Gasteiger partial charge in [0.25, 0.3) is 0 Å². The summed E-state index contributed by atoms with van der Waals surface area (Å²) in [5.74, 6) is 0.692. The Morgan fingerprint density at radius 2 is 1.77 bits per heavy atom. The smallest absolute Gasteiger partial charge is 0.351 e. The fraction of sp³-hybridized carbons (Fsp3) is 0.688. The molecule has 0 aliphatic heterocycles. The fourth-order valence-corrected chi connectivity index (χ4v) is 2.89. The molecule has 0 rings (SSSR count). The average molecular weight is 334 g/mol. The Morgan fingerprint density at radius 3 is 2.05 bits per heavy atom. The standard InChI is InChI=1S/C12H25O3P.C4H6O2/c1-5-9-10-11-12(6-2,7-3)15-16(13,14)8-4;1-3-6-4(2)5/h8H,4-7,9-11H2,1-3H3,(H,13,14);3H,1H2,2H3. The summed E-state index contributed by atoms with van der Waals surface area (Å²) in [6.45, 7) is 14.0. The first-order chi connectivity index (χ1) is 10.2. The predicted molar refractivity (Wildman–Crippen MR) is 90.5 cm³/mol. The predicted octanol–water partition coefficient (Wildman–Crippen LogP) is 5.16. The number of rotatable bonds is 10. The number of ether oxygens (including phenoxy) is 1. The SMILES string of the molecule is C=COC(C)=O.C=CP(=O)(O)OC(CC)(CC)CCCCC. The number of esters is 1. The van der Waals surface area contributed by atoms with Gasteiger partial charge in [-0.1, -0.05) is 53.2 Å². The van der Waals surface area contributed by atoms with Crippen molar-refractivity contribution in [3.63, 3.8) is 0 Å². The Bertz CT molecular complexity index is 375. The number of carbonyl (C=O) groups excluding carboxylic acids is 1. The molecule has 0 heterocycles. The van der Waals surface area contributed by atoms with Gasteiger partial charge in [-0.2, -0.15) is 0 Å². The van der Waals surface area contributed by atoms with Gasteiger partial charge in [-0.15, -0.1) is 0 Å². The Balaban J connectivity index is 0. The Kier molecular flexibility index (Phi) is 13.4. The molecule has 0 radical (unpaired) electrons.